The third-order valence-electron chi connectivity index (χ3n) is 5.06. The minimum atomic E-state index is -0.0156. The monoisotopic (exact) mass is 365 g/mol. The average molecular weight is 366 g/mol. The highest BCUT2D eigenvalue weighted by Gasteiger charge is 2.21. The number of carbonyl (C=O) groups is 2. The molecular weight excluding hydrogens is 338 g/mol. The lowest BCUT2D eigenvalue weighted by molar-refractivity contribution is -0.120. The van der Waals surface area contributed by atoms with Crippen molar-refractivity contribution in [3.8, 4) is 0 Å². The van der Waals surface area contributed by atoms with E-state index in [9.17, 15) is 9.59 Å². The van der Waals surface area contributed by atoms with E-state index >= 15 is 0 Å². The molecule has 0 unspecified atom stereocenters. The van der Waals surface area contributed by atoms with Crippen molar-refractivity contribution < 1.29 is 9.59 Å². The summed E-state index contributed by atoms with van der Waals surface area (Å²) in [6.45, 7) is 1.80. The highest BCUT2D eigenvalue weighted by atomic mass is 35.5. The molecule has 2 amide bonds. The van der Waals surface area contributed by atoms with Crippen LogP contribution in [0, 0.1) is 5.92 Å². The second-order valence-corrected chi connectivity index (χ2v) is 6.90. The second-order valence-electron chi connectivity index (χ2n) is 6.90. The lowest BCUT2D eigenvalue weighted by Gasteiger charge is -2.23. The molecule has 1 heterocycles. The van der Waals surface area contributed by atoms with Crippen LogP contribution in [-0.2, 0) is 4.79 Å². The van der Waals surface area contributed by atoms with Gasteiger partial charge in [-0.25, -0.2) is 0 Å². The number of anilines is 1. The van der Waals surface area contributed by atoms with Gasteiger partial charge in [0.25, 0.3) is 5.91 Å². The Kier molecular flexibility index (Phi) is 7.72. The van der Waals surface area contributed by atoms with Crippen LogP contribution in [0.25, 0.3) is 0 Å². The minimum absolute atomic E-state index is 0. The van der Waals surface area contributed by atoms with Crippen LogP contribution in [0.3, 0.4) is 0 Å². The van der Waals surface area contributed by atoms with E-state index in [-0.39, 0.29) is 30.1 Å². The Morgan fingerprint density at radius 1 is 0.920 bits per heavy atom. The number of benzene rings is 1. The summed E-state index contributed by atoms with van der Waals surface area (Å²) in [5, 5.41) is 9.34. The average Bonchev–Trinajstić information content (AvgIpc) is 2.64. The number of rotatable bonds is 4. The summed E-state index contributed by atoms with van der Waals surface area (Å²) in [4.78, 5) is 24.5. The Labute approximate surface area is 155 Å². The molecule has 1 saturated heterocycles. The summed E-state index contributed by atoms with van der Waals surface area (Å²) in [7, 11) is 0. The van der Waals surface area contributed by atoms with E-state index < -0.39 is 0 Å². The van der Waals surface area contributed by atoms with E-state index in [2.05, 4.69) is 16.0 Å². The van der Waals surface area contributed by atoms with Crippen molar-refractivity contribution in [2.75, 3.05) is 18.4 Å². The number of hydrogen-bond donors (Lipinski definition) is 3. The molecule has 1 aromatic carbocycles. The first-order valence-corrected chi connectivity index (χ1v) is 9.15. The fourth-order valence-electron chi connectivity index (χ4n) is 3.55. The zero-order chi connectivity index (χ0) is 16.8. The maximum absolute atomic E-state index is 12.3. The van der Waals surface area contributed by atoms with Crippen molar-refractivity contribution in [1.82, 2.24) is 10.6 Å². The summed E-state index contributed by atoms with van der Waals surface area (Å²) in [5.74, 6) is 0.148. The molecule has 1 saturated carbocycles. The quantitative estimate of drug-likeness (QED) is 0.767. The molecule has 0 bridgehead atoms. The van der Waals surface area contributed by atoms with Crippen molar-refractivity contribution in [3.63, 3.8) is 0 Å². The standard InChI is InChI=1S/C19H27N3O2.ClH/c23-18(21-16-4-2-1-3-5-16)14-6-8-17(9-7-14)22-19(24)15-10-12-20-13-11-15;/h6-9,15-16,20H,1-5,10-13H2,(H,21,23)(H,22,24);1H. The summed E-state index contributed by atoms with van der Waals surface area (Å²) < 4.78 is 0. The van der Waals surface area contributed by atoms with Gasteiger partial charge in [0.2, 0.25) is 5.91 Å². The van der Waals surface area contributed by atoms with Crippen molar-refractivity contribution >= 4 is 29.9 Å². The summed E-state index contributed by atoms with van der Waals surface area (Å²) in [6.07, 6.45) is 7.60. The van der Waals surface area contributed by atoms with Crippen LogP contribution >= 0.6 is 12.4 Å². The van der Waals surface area contributed by atoms with Gasteiger partial charge in [-0.3, -0.25) is 9.59 Å². The van der Waals surface area contributed by atoms with Crippen LogP contribution in [0.4, 0.5) is 5.69 Å². The van der Waals surface area contributed by atoms with E-state index in [1.807, 2.05) is 12.1 Å². The van der Waals surface area contributed by atoms with E-state index in [4.69, 9.17) is 0 Å². The first-order valence-electron chi connectivity index (χ1n) is 9.15. The number of piperidine rings is 1. The van der Waals surface area contributed by atoms with Crippen LogP contribution in [0.15, 0.2) is 24.3 Å². The van der Waals surface area contributed by atoms with Gasteiger partial charge in [-0.15, -0.1) is 12.4 Å². The molecule has 1 aliphatic carbocycles. The Bertz CT molecular complexity index is 565. The number of halogens is 1. The summed E-state index contributed by atoms with van der Waals surface area (Å²) in [5.41, 5.74) is 1.41. The molecule has 3 rings (SSSR count). The van der Waals surface area contributed by atoms with Crippen LogP contribution < -0.4 is 16.0 Å². The molecule has 138 valence electrons. The van der Waals surface area contributed by atoms with Crippen molar-refractivity contribution in [2.45, 2.75) is 51.0 Å². The summed E-state index contributed by atoms with van der Waals surface area (Å²) in [6, 6.07) is 7.51. The molecule has 6 heteroatoms. The topological polar surface area (TPSA) is 70.2 Å². The zero-order valence-corrected chi connectivity index (χ0v) is 15.4. The van der Waals surface area contributed by atoms with E-state index in [1.54, 1.807) is 12.1 Å². The molecule has 2 fully saturated rings. The van der Waals surface area contributed by atoms with E-state index in [0.717, 1.165) is 44.5 Å². The molecule has 0 spiro atoms. The summed E-state index contributed by atoms with van der Waals surface area (Å²) >= 11 is 0. The predicted octanol–water partition coefficient (Wildman–Crippen LogP) is 3.11. The SMILES string of the molecule is Cl.O=C(NC1CCCCC1)c1ccc(NC(=O)C2CCNCC2)cc1. The number of nitrogens with one attached hydrogen (secondary N) is 3. The van der Waals surface area contributed by atoms with Crippen LogP contribution in [0.5, 0.6) is 0 Å². The van der Waals surface area contributed by atoms with Gasteiger partial charge in [-0.05, 0) is 63.0 Å². The fraction of sp³-hybridized carbons (Fsp3) is 0.579. The third-order valence-corrected chi connectivity index (χ3v) is 5.06. The van der Waals surface area contributed by atoms with Crippen LogP contribution in [0.1, 0.15) is 55.3 Å². The van der Waals surface area contributed by atoms with Crippen molar-refractivity contribution in [2.24, 2.45) is 5.92 Å². The molecule has 0 radical (unpaired) electrons. The fourth-order valence-corrected chi connectivity index (χ4v) is 3.55. The lowest BCUT2D eigenvalue weighted by atomic mass is 9.95. The molecule has 0 aromatic heterocycles. The molecule has 1 aliphatic heterocycles. The molecule has 25 heavy (non-hydrogen) atoms. The smallest absolute Gasteiger partial charge is 0.251 e. The Morgan fingerprint density at radius 3 is 2.20 bits per heavy atom. The van der Waals surface area contributed by atoms with Gasteiger partial charge >= 0.3 is 0 Å². The van der Waals surface area contributed by atoms with Gasteiger partial charge in [0.1, 0.15) is 0 Å². The Balaban J connectivity index is 0.00000225. The first-order chi connectivity index (χ1) is 11.7. The predicted molar refractivity (Wildman–Crippen MR) is 102 cm³/mol. The third kappa shape index (κ3) is 5.72. The molecule has 2 aliphatic rings. The highest BCUT2D eigenvalue weighted by Crippen LogP contribution is 2.19. The molecule has 1 aromatic rings. The normalized spacial score (nSPS) is 18.9. The Morgan fingerprint density at radius 2 is 1.56 bits per heavy atom. The molecule has 5 nitrogen and oxygen atoms in total. The van der Waals surface area contributed by atoms with Gasteiger partial charge in [-0.1, -0.05) is 19.3 Å². The minimum Gasteiger partial charge on any atom is -0.349 e. The van der Waals surface area contributed by atoms with Crippen molar-refractivity contribution in [1.29, 1.82) is 0 Å². The Hall–Kier alpha value is -1.59. The second kappa shape index (κ2) is 9.78. The largest absolute Gasteiger partial charge is 0.349 e. The maximum Gasteiger partial charge on any atom is 0.251 e. The number of amides is 2. The highest BCUT2D eigenvalue weighted by molar-refractivity contribution is 5.96. The van der Waals surface area contributed by atoms with Gasteiger partial charge in [0.05, 0.1) is 0 Å². The van der Waals surface area contributed by atoms with Crippen LogP contribution in [-0.4, -0.2) is 30.9 Å². The number of hydrogen-bond acceptors (Lipinski definition) is 3. The molecule has 0 atom stereocenters. The lowest BCUT2D eigenvalue weighted by Crippen LogP contribution is -2.36. The molecular formula is C19H28ClN3O2. The van der Waals surface area contributed by atoms with Gasteiger partial charge in [-0.2, -0.15) is 0 Å². The van der Waals surface area contributed by atoms with Crippen molar-refractivity contribution in [3.05, 3.63) is 29.8 Å². The first kappa shape index (κ1) is 19.7. The van der Waals surface area contributed by atoms with E-state index in [1.165, 1.54) is 19.3 Å². The zero-order valence-electron chi connectivity index (χ0n) is 14.6. The van der Waals surface area contributed by atoms with E-state index in [0.29, 0.717) is 11.6 Å². The maximum atomic E-state index is 12.3. The van der Waals surface area contributed by atoms with Gasteiger partial charge in [0.15, 0.2) is 0 Å². The van der Waals surface area contributed by atoms with Crippen LogP contribution in [0.2, 0.25) is 0 Å². The van der Waals surface area contributed by atoms with Gasteiger partial charge < -0.3 is 16.0 Å². The number of carbonyl (C=O) groups excluding carboxylic acids is 2. The molecule has 3 N–H and O–H groups in total. The van der Waals surface area contributed by atoms with Gasteiger partial charge in [0, 0.05) is 23.2 Å².